The number of carbonyl (C=O) groups is 2. The highest BCUT2D eigenvalue weighted by atomic mass is 16.6. The summed E-state index contributed by atoms with van der Waals surface area (Å²) in [6.07, 6.45) is 0. The maximum atomic E-state index is 12.4. The lowest BCUT2D eigenvalue weighted by Crippen LogP contribution is -2.50. The van der Waals surface area contributed by atoms with E-state index in [4.69, 9.17) is 4.74 Å². The number of amides is 2. The highest BCUT2D eigenvalue weighted by Crippen LogP contribution is 2.33. The molecule has 1 aliphatic heterocycles. The predicted octanol–water partition coefficient (Wildman–Crippen LogP) is 2.52. The summed E-state index contributed by atoms with van der Waals surface area (Å²) in [6.45, 7) is 5.31. The molecule has 24 heavy (non-hydrogen) atoms. The zero-order valence-corrected chi connectivity index (χ0v) is 13.9. The van der Waals surface area contributed by atoms with Crippen molar-refractivity contribution in [1.82, 2.24) is 10.2 Å². The number of nitrogens with one attached hydrogen (secondary N) is 1. The standard InChI is InChI=1S/C16H19N3O5/c1-9(2)18-10(3)13(15(20)24-4)14(17-16(18)21)11-6-5-7-12(8-11)19(22)23/h5-9,14H,1-4H3,(H,17,21)/t14-/m1/s1. The van der Waals surface area contributed by atoms with Crippen LogP contribution in [0.1, 0.15) is 32.4 Å². The zero-order valence-electron chi connectivity index (χ0n) is 13.9. The fraction of sp³-hybridized carbons (Fsp3) is 0.375. The fourth-order valence-corrected chi connectivity index (χ4v) is 2.82. The summed E-state index contributed by atoms with van der Waals surface area (Å²) in [6, 6.07) is 4.50. The number of esters is 1. The summed E-state index contributed by atoms with van der Waals surface area (Å²) < 4.78 is 4.84. The number of allylic oxidation sites excluding steroid dienone is 1. The van der Waals surface area contributed by atoms with Gasteiger partial charge in [-0.25, -0.2) is 9.59 Å². The number of nitro benzene ring substituents is 1. The summed E-state index contributed by atoms with van der Waals surface area (Å²) in [4.78, 5) is 36.6. The van der Waals surface area contributed by atoms with Crippen molar-refractivity contribution in [2.45, 2.75) is 32.9 Å². The van der Waals surface area contributed by atoms with E-state index in [1.807, 2.05) is 13.8 Å². The molecule has 0 aromatic heterocycles. The summed E-state index contributed by atoms with van der Waals surface area (Å²) >= 11 is 0. The molecular formula is C16H19N3O5. The number of hydrogen-bond acceptors (Lipinski definition) is 5. The Morgan fingerprint density at radius 2 is 2.08 bits per heavy atom. The van der Waals surface area contributed by atoms with Crippen LogP contribution in [0.25, 0.3) is 0 Å². The molecule has 0 spiro atoms. The summed E-state index contributed by atoms with van der Waals surface area (Å²) in [5.74, 6) is -0.588. The van der Waals surface area contributed by atoms with Gasteiger partial charge in [-0.2, -0.15) is 0 Å². The fourth-order valence-electron chi connectivity index (χ4n) is 2.82. The van der Waals surface area contributed by atoms with E-state index >= 15 is 0 Å². The number of urea groups is 1. The van der Waals surface area contributed by atoms with Gasteiger partial charge in [0.15, 0.2) is 0 Å². The maximum Gasteiger partial charge on any atom is 0.337 e. The van der Waals surface area contributed by atoms with Crippen molar-refractivity contribution in [3.05, 3.63) is 51.2 Å². The zero-order chi connectivity index (χ0) is 18.0. The van der Waals surface area contributed by atoms with Crippen LogP contribution >= 0.6 is 0 Å². The van der Waals surface area contributed by atoms with Crippen LogP contribution in [-0.2, 0) is 9.53 Å². The van der Waals surface area contributed by atoms with Crippen LogP contribution in [0, 0.1) is 10.1 Å². The highest BCUT2D eigenvalue weighted by Gasteiger charge is 2.37. The Kier molecular flexibility index (Phi) is 4.87. The van der Waals surface area contributed by atoms with E-state index in [1.165, 1.54) is 30.2 Å². The average Bonchev–Trinajstić information content (AvgIpc) is 2.53. The summed E-state index contributed by atoms with van der Waals surface area (Å²) in [5, 5.41) is 13.7. The number of nitro groups is 1. The van der Waals surface area contributed by atoms with E-state index in [9.17, 15) is 19.7 Å². The number of hydrogen-bond donors (Lipinski definition) is 1. The molecule has 0 saturated heterocycles. The van der Waals surface area contributed by atoms with Crippen molar-refractivity contribution in [2.24, 2.45) is 0 Å². The van der Waals surface area contributed by atoms with Crippen LogP contribution in [0.4, 0.5) is 10.5 Å². The molecule has 1 aliphatic rings. The van der Waals surface area contributed by atoms with Crippen LogP contribution in [0.2, 0.25) is 0 Å². The Bertz CT molecular complexity index is 726. The van der Waals surface area contributed by atoms with Gasteiger partial charge in [0.1, 0.15) is 0 Å². The largest absolute Gasteiger partial charge is 0.466 e. The Morgan fingerprint density at radius 1 is 1.42 bits per heavy atom. The normalized spacial score (nSPS) is 17.8. The number of rotatable bonds is 4. The van der Waals surface area contributed by atoms with Crippen LogP contribution in [0.15, 0.2) is 35.5 Å². The molecule has 1 aromatic rings. The van der Waals surface area contributed by atoms with Crippen molar-refractivity contribution >= 4 is 17.7 Å². The first-order valence-corrected chi connectivity index (χ1v) is 7.41. The third kappa shape index (κ3) is 3.08. The first-order valence-electron chi connectivity index (χ1n) is 7.41. The molecule has 0 saturated carbocycles. The highest BCUT2D eigenvalue weighted by molar-refractivity contribution is 5.95. The van der Waals surface area contributed by atoms with E-state index in [2.05, 4.69) is 5.32 Å². The van der Waals surface area contributed by atoms with Crippen molar-refractivity contribution in [3.63, 3.8) is 0 Å². The number of nitrogens with zero attached hydrogens (tertiary/aromatic N) is 2. The molecule has 2 amide bonds. The van der Waals surface area contributed by atoms with Gasteiger partial charge < -0.3 is 10.1 Å². The summed E-state index contributed by atoms with van der Waals surface area (Å²) in [5.41, 5.74) is 1.05. The minimum atomic E-state index is -0.806. The second-order valence-corrected chi connectivity index (χ2v) is 5.69. The molecule has 0 aliphatic carbocycles. The smallest absolute Gasteiger partial charge is 0.337 e. The van der Waals surface area contributed by atoms with Gasteiger partial charge in [-0.1, -0.05) is 12.1 Å². The van der Waals surface area contributed by atoms with Crippen molar-refractivity contribution in [1.29, 1.82) is 0 Å². The van der Waals surface area contributed by atoms with Crippen LogP contribution in [0.3, 0.4) is 0 Å². The van der Waals surface area contributed by atoms with Gasteiger partial charge in [-0.05, 0) is 26.3 Å². The minimum absolute atomic E-state index is 0.116. The second-order valence-electron chi connectivity index (χ2n) is 5.69. The quantitative estimate of drug-likeness (QED) is 0.518. The molecule has 1 heterocycles. The van der Waals surface area contributed by atoms with E-state index in [-0.39, 0.29) is 23.3 Å². The molecule has 0 bridgehead atoms. The molecule has 2 rings (SSSR count). The third-order valence-corrected chi connectivity index (χ3v) is 3.86. The molecule has 128 valence electrons. The van der Waals surface area contributed by atoms with Gasteiger partial charge in [-0.3, -0.25) is 15.0 Å². The molecule has 0 radical (unpaired) electrons. The predicted molar refractivity (Wildman–Crippen MR) is 86.1 cm³/mol. The van der Waals surface area contributed by atoms with E-state index in [0.717, 1.165) is 0 Å². The lowest BCUT2D eigenvalue weighted by Gasteiger charge is -2.37. The Labute approximate surface area is 139 Å². The van der Waals surface area contributed by atoms with Gasteiger partial charge in [0.25, 0.3) is 5.69 Å². The van der Waals surface area contributed by atoms with Crippen LogP contribution in [-0.4, -0.2) is 35.0 Å². The molecule has 8 heteroatoms. The number of methoxy groups -OCH3 is 1. The molecule has 1 N–H and O–H groups in total. The SMILES string of the molecule is COC(=O)C1=C(C)N(C(C)C)C(=O)N[C@@H]1c1cccc([N+](=O)[O-])c1. The first kappa shape index (κ1) is 17.5. The van der Waals surface area contributed by atoms with E-state index in [0.29, 0.717) is 11.3 Å². The lowest BCUT2D eigenvalue weighted by molar-refractivity contribution is -0.384. The van der Waals surface area contributed by atoms with Crippen LogP contribution in [0.5, 0.6) is 0 Å². The molecule has 8 nitrogen and oxygen atoms in total. The number of ether oxygens (including phenoxy) is 1. The van der Waals surface area contributed by atoms with Crippen molar-refractivity contribution in [3.8, 4) is 0 Å². The number of carbonyl (C=O) groups excluding carboxylic acids is 2. The summed E-state index contributed by atoms with van der Waals surface area (Å²) in [7, 11) is 1.25. The molecule has 1 atom stereocenters. The van der Waals surface area contributed by atoms with E-state index < -0.39 is 16.9 Å². The minimum Gasteiger partial charge on any atom is -0.466 e. The van der Waals surface area contributed by atoms with Gasteiger partial charge in [0, 0.05) is 23.9 Å². The molecule has 0 fully saturated rings. The maximum absolute atomic E-state index is 12.4. The molecule has 0 unspecified atom stereocenters. The Morgan fingerprint density at radius 3 is 2.62 bits per heavy atom. The third-order valence-electron chi connectivity index (χ3n) is 3.86. The topological polar surface area (TPSA) is 102 Å². The van der Waals surface area contributed by atoms with E-state index in [1.54, 1.807) is 13.0 Å². The first-order chi connectivity index (χ1) is 11.3. The van der Waals surface area contributed by atoms with Crippen molar-refractivity contribution in [2.75, 3.05) is 7.11 Å². The number of benzene rings is 1. The molecule has 1 aromatic carbocycles. The van der Waals surface area contributed by atoms with Gasteiger partial charge in [0.05, 0.1) is 23.6 Å². The average molecular weight is 333 g/mol. The monoisotopic (exact) mass is 333 g/mol. The van der Waals surface area contributed by atoms with Gasteiger partial charge in [-0.15, -0.1) is 0 Å². The Balaban J connectivity index is 2.60. The number of non-ortho nitro benzene ring substituents is 1. The second kappa shape index (κ2) is 6.69. The molecular weight excluding hydrogens is 314 g/mol. The van der Waals surface area contributed by atoms with Crippen molar-refractivity contribution < 1.29 is 19.2 Å². The lowest BCUT2D eigenvalue weighted by atomic mass is 9.94. The Hall–Kier alpha value is -2.90. The van der Waals surface area contributed by atoms with Gasteiger partial charge >= 0.3 is 12.0 Å². The van der Waals surface area contributed by atoms with Gasteiger partial charge in [0.2, 0.25) is 0 Å². The van der Waals surface area contributed by atoms with Crippen LogP contribution < -0.4 is 5.32 Å².